The minimum Gasteiger partial charge on any atom is -0.390 e. The Morgan fingerprint density at radius 3 is 2.60 bits per heavy atom. The van der Waals surface area contributed by atoms with Crippen LogP contribution in [0.3, 0.4) is 0 Å². The van der Waals surface area contributed by atoms with E-state index in [-0.39, 0.29) is 0 Å². The summed E-state index contributed by atoms with van der Waals surface area (Å²) >= 11 is 0. The molecule has 8 heteroatoms. The molecule has 0 amide bonds. The second-order valence-corrected chi connectivity index (χ2v) is 2.54. The van der Waals surface area contributed by atoms with Crippen LogP contribution in [0.2, 0.25) is 0 Å². The molecule has 0 saturated carbocycles. The molecule has 0 radical (unpaired) electrons. The molecule has 82 valence electrons. The van der Waals surface area contributed by atoms with Crippen molar-refractivity contribution in [2.75, 3.05) is 0 Å². The van der Waals surface area contributed by atoms with Crippen molar-refractivity contribution in [3.05, 3.63) is 33.4 Å². The maximum Gasteiger partial charge on any atom is 0.317 e. The zero-order chi connectivity index (χ0) is 11.6. The first-order chi connectivity index (χ1) is 6.99. The second kappa shape index (κ2) is 4.22. The van der Waals surface area contributed by atoms with Crippen LogP contribution in [0.15, 0.2) is 6.20 Å². The molecule has 1 N–H and O–H groups in total. The van der Waals surface area contributed by atoms with E-state index in [1.165, 1.54) is 0 Å². The molecule has 0 saturated heterocycles. The van der Waals surface area contributed by atoms with E-state index < -0.39 is 40.7 Å². The van der Waals surface area contributed by atoms with Gasteiger partial charge in [-0.3, -0.25) is 15.1 Å². The molecule has 0 spiro atoms. The number of rotatable bonds is 3. The first-order valence-electron chi connectivity index (χ1n) is 3.69. The zero-order valence-corrected chi connectivity index (χ0v) is 7.15. The first-order valence-corrected chi connectivity index (χ1v) is 3.69. The molecule has 0 aliphatic carbocycles. The highest BCUT2D eigenvalue weighted by atomic mass is 19.3. The first kappa shape index (κ1) is 11.4. The van der Waals surface area contributed by atoms with Gasteiger partial charge in [0.05, 0.1) is 11.5 Å². The van der Waals surface area contributed by atoms with E-state index in [4.69, 9.17) is 5.11 Å². The molecule has 1 aromatic heterocycles. The average molecular weight is 222 g/mol. The van der Waals surface area contributed by atoms with Crippen molar-refractivity contribution in [3.63, 3.8) is 0 Å². The van der Waals surface area contributed by atoms with Crippen molar-refractivity contribution in [3.8, 4) is 0 Å². The third-order valence-electron chi connectivity index (χ3n) is 1.66. The van der Waals surface area contributed by atoms with E-state index in [0.717, 1.165) is 0 Å². The predicted molar refractivity (Wildman–Crippen MR) is 41.7 cm³/mol. The predicted octanol–water partition coefficient (Wildman–Crippen LogP) is 1.56. The van der Waals surface area contributed by atoms with Crippen LogP contribution in [0.1, 0.15) is 17.7 Å². The van der Waals surface area contributed by atoms with Gasteiger partial charge in [0.2, 0.25) is 5.82 Å². The van der Waals surface area contributed by atoms with Crippen molar-refractivity contribution >= 4 is 5.69 Å². The van der Waals surface area contributed by atoms with E-state index in [9.17, 15) is 23.3 Å². The minimum atomic E-state index is -3.19. The molecule has 0 aliphatic rings. The molecule has 5 nitrogen and oxygen atoms in total. The molecule has 1 rings (SSSR count). The molecular weight excluding hydrogens is 217 g/mol. The van der Waals surface area contributed by atoms with Gasteiger partial charge in [0.15, 0.2) is 0 Å². The Hall–Kier alpha value is -1.70. The summed E-state index contributed by atoms with van der Waals surface area (Å²) < 4.78 is 37.6. The Bertz CT molecular complexity index is 397. The summed E-state index contributed by atoms with van der Waals surface area (Å²) in [5, 5.41) is 18.9. The van der Waals surface area contributed by atoms with Crippen LogP contribution in [-0.4, -0.2) is 15.0 Å². The molecule has 0 atom stereocenters. The summed E-state index contributed by atoms with van der Waals surface area (Å²) in [7, 11) is 0. The number of hydrogen-bond donors (Lipinski definition) is 1. The van der Waals surface area contributed by atoms with Gasteiger partial charge in [-0.05, 0) is 0 Å². The van der Waals surface area contributed by atoms with Crippen molar-refractivity contribution in [2.45, 2.75) is 13.0 Å². The van der Waals surface area contributed by atoms with Crippen molar-refractivity contribution in [1.82, 2.24) is 4.98 Å². The van der Waals surface area contributed by atoms with E-state index in [1.807, 2.05) is 0 Å². The summed E-state index contributed by atoms with van der Waals surface area (Å²) in [6, 6.07) is 0. The lowest BCUT2D eigenvalue weighted by atomic mass is 10.2. The van der Waals surface area contributed by atoms with Gasteiger partial charge in [0.25, 0.3) is 6.43 Å². The number of alkyl halides is 2. The van der Waals surface area contributed by atoms with Crippen molar-refractivity contribution < 1.29 is 23.2 Å². The van der Waals surface area contributed by atoms with Gasteiger partial charge in [-0.15, -0.1) is 0 Å². The highest BCUT2D eigenvalue weighted by Gasteiger charge is 2.29. The Kier molecular flexibility index (Phi) is 3.20. The third kappa shape index (κ3) is 2.04. The van der Waals surface area contributed by atoms with Crippen molar-refractivity contribution in [1.29, 1.82) is 0 Å². The van der Waals surface area contributed by atoms with Crippen LogP contribution in [0.5, 0.6) is 0 Å². The van der Waals surface area contributed by atoms with E-state index in [0.29, 0.717) is 6.20 Å². The number of halogens is 3. The van der Waals surface area contributed by atoms with Gasteiger partial charge >= 0.3 is 5.69 Å². The molecule has 0 aliphatic heterocycles. The van der Waals surface area contributed by atoms with Crippen LogP contribution < -0.4 is 0 Å². The second-order valence-electron chi connectivity index (χ2n) is 2.54. The molecule has 1 heterocycles. The van der Waals surface area contributed by atoms with Crippen LogP contribution in [0.25, 0.3) is 0 Å². The fourth-order valence-electron chi connectivity index (χ4n) is 0.984. The molecule has 1 aromatic rings. The number of nitrogens with zero attached hydrogens (tertiary/aromatic N) is 2. The van der Waals surface area contributed by atoms with Crippen molar-refractivity contribution in [2.24, 2.45) is 0 Å². The summed E-state index contributed by atoms with van der Waals surface area (Å²) in [4.78, 5) is 12.2. The van der Waals surface area contributed by atoms with Gasteiger partial charge in [-0.1, -0.05) is 0 Å². The SMILES string of the molecule is O=[N+]([O-])c1c(C(F)F)cnc(CO)c1F. The molecule has 0 aromatic carbocycles. The summed E-state index contributed by atoms with van der Waals surface area (Å²) in [6.45, 7) is -0.893. The summed E-state index contributed by atoms with van der Waals surface area (Å²) in [6.07, 6.45) is -2.71. The Morgan fingerprint density at radius 1 is 1.60 bits per heavy atom. The number of aliphatic hydroxyl groups is 1. The molecular formula is C7H5F3N2O3. The minimum absolute atomic E-state index is 0.484. The molecule has 0 fully saturated rings. The number of pyridine rings is 1. The largest absolute Gasteiger partial charge is 0.390 e. The molecule has 15 heavy (non-hydrogen) atoms. The quantitative estimate of drug-likeness (QED) is 0.621. The average Bonchev–Trinajstić information content (AvgIpc) is 2.16. The highest BCUT2D eigenvalue weighted by Crippen LogP contribution is 2.31. The highest BCUT2D eigenvalue weighted by molar-refractivity contribution is 5.42. The Morgan fingerprint density at radius 2 is 2.20 bits per heavy atom. The van der Waals surface area contributed by atoms with Crippen LogP contribution in [0.4, 0.5) is 18.9 Å². The summed E-state index contributed by atoms with van der Waals surface area (Å²) in [5.41, 5.74) is -3.08. The Balaban J connectivity index is 3.44. The summed E-state index contributed by atoms with van der Waals surface area (Å²) in [5.74, 6) is -1.53. The van der Waals surface area contributed by atoms with Crippen LogP contribution in [-0.2, 0) is 6.61 Å². The van der Waals surface area contributed by atoms with Gasteiger partial charge in [-0.25, -0.2) is 8.78 Å². The zero-order valence-electron chi connectivity index (χ0n) is 7.15. The van der Waals surface area contributed by atoms with Gasteiger partial charge in [-0.2, -0.15) is 4.39 Å². The topological polar surface area (TPSA) is 76.3 Å². The monoisotopic (exact) mass is 222 g/mol. The van der Waals surface area contributed by atoms with E-state index >= 15 is 0 Å². The normalized spacial score (nSPS) is 10.7. The maximum absolute atomic E-state index is 13.1. The fourth-order valence-corrected chi connectivity index (χ4v) is 0.984. The lowest BCUT2D eigenvalue weighted by Gasteiger charge is -2.04. The van der Waals surface area contributed by atoms with E-state index in [2.05, 4.69) is 4.98 Å². The number of aromatic nitrogens is 1. The smallest absolute Gasteiger partial charge is 0.317 e. The van der Waals surface area contributed by atoms with Gasteiger partial charge in [0, 0.05) is 6.20 Å². The lowest BCUT2D eigenvalue weighted by Crippen LogP contribution is -2.05. The standard InChI is InChI=1S/C7H5F3N2O3/c8-5-4(2-13)11-1-3(7(9)10)6(5)12(14)15/h1,7,13H,2H2. The number of aliphatic hydroxyl groups excluding tert-OH is 1. The van der Waals surface area contributed by atoms with Crippen LogP contribution >= 0.6 is 0 Å². The lowest BCUT2D eigenvalue weighted by molar-refractivity contribution is -0.389. The van der Waals surface area contributed by atoms with E-state index in [1.54, 1.807) is 0 Å². The molecule has 0 unspecified atom stereocenters. The third-order valence-corrected chi connectivity index (χ3v) is 1.66. The fraction of sp³-hybridized carbons (Fsp3) is 0.286. The van der Waals surface area contributed by atoms with Gasteiger partial charge < -0.3 is 5.11 Å². The molecule has 0 bridgehead atoms. The number of nitro groups is 1. The Labute approximate surface area is 81.3 Å². The van der Waals surface area contributed by atoms with Gasteiger partial charge in [0.1, 0.15) is 11.3 Å². The van der Waals surface area contributed by atoms with Crippen LogP contribution in [0, 0.1) is 15.9 Å². The number of hydrogen-bond acceptors (Lipinski definition) is 4. The maximum atomic E-state index is 13.1.